The normalized spacial score (nSPS) is 11.1. The van der Waals surface area contributed by atoms with E-state index in [4.69, 9.17) is 5.26 Å². The molecule has 1 aromatic carbocycles. The number of amides is 3. The number of hydrogen-bond donors (Lipinski definition) is 2. The molecule has 3 amide bonds. The summed E-state index contributed by atoms with van der Waals surface area (Å²) in [6.07, 6.45) is 0. The second-order valence-corrected chi connectivity index (χ2v) is 5.80. The Balaban J connectivity index is 2.55. The summed E-state index contributed by atoms with van der Waals surface area (Å²) in [5.41, 5.74) is 1.16. The first-order chi connectivity index (χ1) is 10.5. The van der Waals surface area contributed by atoms with E-state index in [-0.39, 0.29) is 18.5 Å². The van der Waals surface area contributed by atoms with Crippen LogP contribution in [0.1, 0.15) is 5.56 Å². The van der Waals surface area contributed by atoms with Gasteiger partial charge >= 0.3 is 6.03 Å². The smallest absolute Gasteiger partial charge is 0.317 e. The monoisotopic (exact) mass is 320 g/mol. The van der Waals surface area contributed by atoms with Crippen LogP contribution in [0.3, 0.4) is 0 Å². The van der Waals surface area contributed by atoms with Gasteiger partial charge in [0, 0.05) is 25.6 Å². The third-order valence-corrected chi connectivity index (χ3v) is 3.86. The third-order valence-electron chi connectivity index (χ3n) is 2.76. The van der Waals surface area contributed by atoms with E-state index in [0.717, 1.165) is 11.3 Å². The van der Waals surface area contributed by atoms with Crippen LogP contribution >= 0.6 is 11.8 Å². The lowest BCUT2D eigenvalue weighted by molar-refractivity contribution is -0.122. The summed E-state index contributed by atoms with van der Waals surface area (Å²) in [5.74, 6) is 0.837. The van der Waals surface area contributed by atoms with Gasteiger partial charge in [-0.05, 0) is 5.56 Å². The highest BCUT2D eigenvalue weighted by molar-refractivity contribution is 7.98. The van der Waals surface area contributed by atoms with Gasteiger partial charge in [0.05, 0.1) is 6.07 Å². The molecule has 22 heavy (non-hydrogen) atoms. The minimum atomic E-state index is -0.669. The SMILES string of the molecule is CN(C)C(=O)N[C@@H](CSCc1ccccc1)C(=O)NCC#N. The summed E-state index contributed by atoms with van der Waals surface area (Å²) in [7, 11) is 3.22. The van der Waals surface area contributed by atoms with Crippen LogP contribution in [0.5, 0.6) is 0 Å². The van der Waals surface area contributed by atoms with E-state index in [1.807, 2.05) is 36.4 Å². The average molecular weight is 320 g/mol. The number of carbonyl (C=O) groups excluding carboxylic acids is 2. The summed E-state index contributed by atoms with van der Waals surface area (Å²) >= 11 is 1.55. The fourth-order valence-electron chi connectivity index (χ4n) is 1.58. The summed E-state index contributed by atoms with van der Waals surface area (Å²) in [4.78, 5) is 25.1. The molecule has 0 bridgehead atoms. The average Bonchev–Trinajstić information content (AvgIpc) is 2.52. The molecular weight excluding hydrogens is 300 g/mol. The molecule has 0 spiro atoms. The van der Waals surface area contributed by atoms with Crippen molar-refractivity contribution in [3.05, 3.63) is 35.9 Å². The standard InChI is InChI=1S/C15H20N4O2S/c1-19(2)15(21)18-13(14(20)17-9-8-16)11-22-10-12-6-4-3-5-7-12/h3-7,13H,9-11H2,1-2H3,(H,17,20)(H,18,21)/t13-/m0/s1. The first kappa shape index (κ1) is 17.9. The van der Waals surface area contributed by atoms with Crippen LogP contribution in [0.4, 0.5) is 4.79 Å². The maximum atomic E-state index is 12.0. The number of benzene rings is 1. The van der Waals surface area contributed by atoms with Gasteiger partial charge in [-0.2, -0.15) is 17.0 Å². The maximum Gasteiger partial charge on any atom is 0.317 e. The molecule has 0 saturated carbocycles. The Morgan fingerprint density at radius 1 is 1.32 bits per heavy atom. The molecule has 1 rings (SSSR count). The highest BCUT2D eigenvalue weighted by atomic mass is 32.2. The van der Waals surface area contributed by atoms with E-state index in [1.54, 1.807) is 25.9 Å². The van der Waals surface area contributed by atoms with Crippen molar-refractivity contribution in [2.75, 3.05) is 26.4 Å². The van der Waals surface area contributed by atoms with Crippen LogP contribution in [0.2, 0.25) is 0 Å². The van der Waals surface area contributed by atoms with Gasteiger partial charge in [0.2, 0.25) is 5.91 Å². The van der Waals surface area contributed by atoms with Gasteiger partial charge in [-0.1, -0.05) is 30.3 Å². The quantitative estimate of drug-likeness (QED) is 0.739. The van der Waals surface area contributed by atoms with Crippen LogP contribution in [0.25, 0.3) is 0 Å². The van der Waals surface area contributed by atoms with E-state index in [1.165, 1.54) is 4.90 Å². The van der Waals surface area contributed by atoms with Gasteiger partial charge in [-0.15, -0.1) is 0 Å². The van der Waals surface area contributed by atoms with Crippen molar-refractivity contribution in [1.29, 1.82) is 5.26 Å². The van der Waals surface area contributed by atoms with Gasteiger partial charge in [0.25, 0.3) is 0 Å². The molecule has 7 heteroatoms. The second kappa shape index (κ2) is 9.68. The second-order valence-electron chi connectivity index (χ2n) is 4.77. The highest BCUT2D eigenvalue weighted by Gasteiger charge is 2.21. The number of rotatable bonds is 7. The molecule has 0 heterocycles. The molecule has 2 N–H and O–H groups in total. The zero-order valence-electron chi connectivity index (χ0n) is 12.7. The predicted molar refractivity (Wildman–Crippen MR) is 87.2 cm³/mol. The Bertz CT molecular complexity index is 528. The lowest BCUT2D eigenvalue weighted by Gasteiger charge is -2.20. The Morgan fingerprint density at radius 2 is 2.00 bits per heavy atom. The number of nitrogens with one attached hydrogen (secondary N) is 2. The zero-order chi connectivity index (χ0) is 16.4. The molecule has 6 nitrogen and oxygen atoms in total. The fourth-order valence-corrected chi connectivity index (χ4v) is 2.60. The molecule has 0 aliphatic carbocycles. The van der Waals surface area contributed by atoms with Crippen molar-refractivity contribution in [3.63, 3.8) is 0 Å². The molecule has 0 radical (unpaired) electrons. The Morgan fingerprint density at radius 3 is 2.59 bits per heavy atom. The molecule has 0 aliphatic heterocycles. The lowest BCUT2D eigenvalue weighted by atomic mass is 10.2. The van der Waals surface area contributed by atoms with Crippen LogP contribution in [-0.2, 0) is 10.5 Å². The molecule has 0 aromatic heterocycles. The predicted octanol–water partition coefficient (Wildman–Crippen LogP) is 1.20. The van der Waals surface area contributed by atoms with Crippen molar-refractivity contribution in [3.8, 4) is 6.07 Å². The van der Waals surface area contributed by atoms with Crippen LogP contribution in [0, 0.1) is 11.3 Å². The van der Waals surface area contributed by atoms with Crippen LogP contribution in [-0.4, -0.2) is 49.3 Å². The van der Waals surface area contributed by atoms with Crippen LogP contribution in [0.15, 0.2) is 30.3 Å². The van der Waals surface area contributed by atoms with Gasteiger partial charge in [0.15, 0.2) is 0 Å². The lowest BCUT2D eigenvalue weighted by Crippen LogP contribution is -2.51. The van der Waals surface area contributed by atoms with Crippen molar-refractivity contribution in [2.24, 2.45) is 0 Å². The summed E-state index contributed by atoms with van der Waals surface area (Å²) in [6, 6.07) is 10.7. The van der Waals surface area contributed by atoms with Crippen LogP contribution < -0.4 is 10.6 Å². The van der Waals surface area contributed by atoms with E-state index < -0.39 is 6.04 Å². The van der Waals surface area contributed by atoms with Gasteiger partial charge in [-0.25, -0.2) is 4.79 Å². The van der Waals surface area contributed by atoms with Gasteiger partial charge in [0.1, 0.15) is 12.6 Å². The van der Waals surface area contributed by atoms with Crippen molar-refractivity contribution in [1.82, 2.24) is 15.5 Å². The first-order valence-corrected chi connectivity index (χ1v) is 7.94. The van der Waals surface area contributed by atoms with Crippen molar-refractivity contribution in [2.45, 2.75) is 11.8 Å². The molecule has 0 fully saturated rings. The number of nitriles is 1. The Kier molecular flexibility index (Phi) is 7.86. The number of hydrogen-bond acceptors (Lipinski definition) is 4. The minimum absolute atomic E-state index is 0.0729. The molecule has 0 saturated heterocycles. The molecule has 118 valence electrons. The molecule has 0 unspecified atom stereocenters. The van der Waals surface area contributed by atoms with Gasteiger partial charge < -0.3 is 15.5 Å². The Labute approximate surface area is 134 Å². The molecular formula is C15H20N4O2S. The van der Waals surface area contributed by atoms with E-state index in [0.29, 0.717) is 5.75 Å². The van der Waals surface area contributed by atoms with Crippen molar-refractivity contribution >= 4 is 23.7 Å². The fraction of sp³-hybridized carbons (Fsp3) is 0.400. The summed E-state index contributed by atoms with van der Waals surface area (Å²) in [5, 5.41) is 13.7. The number of carbonyl (C=O) groups is 2. The van der Waals surface area contributed by atoms with E-state index in [2.05, 4.69) is 10.6 Å². The molecule has 1 aromatic rings. The topological polar surface area (TPSA) is 85.2 Å². The number of thioether (sulfide) groups is 1. The maximum absolute atomic E-state index is 12.0. The third kappa shape index (κ3) is 6.50. The summed E-state index contributed by atoms with van der Waals surface area (Å²) in [6.45, 7) is -0.0729. The highest BCUT2D eigenvalue weighted by Crippen LogP contribution is 2.13. The summed E-state index contributed by atoms with van der Waals surface area (Å²) < 4.78 is 0. The number of urea groups is 1. The van der Waals surface area contributed by atoms with E-state index in [9.17, 15) is 9.59 Å². The largest absolute Gasteiger partial charge is 0.341 e. The minimum Gasteiger partial charge on any atom is -0.341 e. The zero-order valence-corrected chi connectivity index (χ0v) is 13.5. The Hall–Kier alpha value is -2.20. The first-order valence-electron chi connectivity index (χ1n) is 6.78. The number of nitrogens with zero attached hydrogens (tertiary/aromatic N) is 2. The molecule has 0 aliphatic rings. The van der Waals surface area contributed by atoms with Crippen molar-refractivity contribution < 1.29 is 9.59 Å². The van der Waals surface area contributed by atoms with Gasteiger partial charge in [-0.3, -0.25) is 4.79 Å². The van der Waals surface area contributed by atoms with E-state index >= 15 is 0 Å². The molecule has 1 atom stereocenters.